The molecule has 3 heterocycles. The third-order valence-corrected chi connectivity index (χ3v) is 6.44. The van der Waals surface area contributed by atoms with E-state index in [0.717, 1.165) is 22.4 Å². The molecule has 0 spiro atoms. The zero-order valence-corrected chi connectivity index (χ0v) is 13.5. The second kappa shape index (κ2) is 4.88. The van der Waals surface area contributed by atoms with Crippen LogP contribution in [0.5, 0.6) is 0 Å². The number of thiazole rings is 1. The van der Waals surface area contributed by atoms with Crippen molar-refractivity contribution in [2.45, 2.75) is 18.1 Å². The maximum atomic E-state index is 12.2. The Balaban J connectivity index is 2.27. The Labute approximate surface area is 126 Å². The van der Waals surface area contributed by atoms with E-state index in [2.05, 4.69) is 15.0 Å². The number of sulfone groups is 1. The molecule has 0 saturated heterocycles. The van der Waals surface area contributed by atoms with Crippen LogP contribution in [0.3, 0.4) is 0 Å². The van der Waals surface area contributed by atoms with Gasteiger partial charge in [0.15, 0.2) is 25.5 Å². The Morgan fingerprint density at radius 1 is 1.33 bits per heavy atom. The van der Waals surface area contributed by atoms with Crippen LogP contribution in [0, 0.1) is 6.92 Å². The second-order valence-corrected chi connectivity index (χ2v) is 8.07. The highest BCUT2D eigenvalue weighted by atomic mass is 32.2. The van der Waals surface area contributed by atoms with Gasteiger partial charge in [-0.2, -0.15) is 0 Å². The first-order valence-electron chi connectivity index (χ1n) is 6.39. The molecular weight excluding hydrogens is 308 g/mol. The van der Waals surface area contributed by atoms with Crippen molar-refractivity contribution in [3.63, 3.8) is 0 Å². The molecule has 0 bridgehead atoms. The van der Waals surface area contributed by atoms with Gasteiger partial charge in [0.2, 0.25) is 0 Å². The van der Waals surface area contributed by atoms with Crippen molar-refractivity contribution in [3.8, 4) is 11.5 Å². The lowest BCUT2D eigenvalue weighted by Crippen LogP contribution is -2.05. The summed E-state index contributed by atoms with van der Waals surface area (Å²) >= 11 is 1.12. The zero-order valence-electron chi connectivity index (χ0n) is 11.9. The zero-order chi connectivity index (χ0) is 15.2. The first kappa shape index (κ1) is 14.2. The first-order chi connectivity index (χ1) is 9.94. The van der Waals surface area contributed by atoms with Crippen LogP contribution in [0.1, 0.15) is 12.5 Å². The van der Waals surface area contributed by atoms with E-state index in [4.69, 9.17) is 0 Å². The molecule has 0 fully saturated rings. The van der Waals surface area contributed by atoms with Crippen LogP contribution in [0.4, 0.5) is 0 Å². The van der Waals surface area contributed by atoms with Gasteiger partial charge in [0.25, 0.3) is 0 Å². The average Bonchev–Trinajstić information content (AvgIpc) is 3.04. The van der Waals surface area contributed by atoms with Gasteiger partial charge in [0, 0.05) is 13.2 Å². The lowest BCUT2D eigenvalue weighted by molar-refractivity contribution is 0.599. The van der Waals surface area contributed by atoms with E-state index in [1.165, 1.54) is 5.51 Å². The molecule has 110 valence electrons. The minimum atomic E-state index is -3.31. The Bertz CT molecular complexity index is 925. The van der Waals surface area contributed by atoms with Gasteiger partial charge in [0.1, 0.15) is 11.2 Å². The number of hydrogen-bond donors (Lipinski definition) is 0. The van der Waals surface area contributed by atoms with E-state index in [1.807, 2.05) is 20.0 Å². The maximum absolute atomic E-state index is 12.2. The predicted octanol–water partition coefficient (Wildman–Crippen LogP) is 2.19. The summed E-state index contributed by atoms with van der Waals surface area (Å²) in [5, 5.41) is 0. The lowest BCUT2D eigenvalue weighted by atomic mass is 10.3. The first-order valence-corrected chi connectivity index (χ1v) is 8.93. The number of fused-ring (bicyclic) bond motifs is 1. The molecule has 0 unspecified atom stereocenters. The van der Waals surface area contributed by atoms with Crippen LogP contribution in [0.15, 0.2) is 22.0 Å². The summed E-state index contributed by atoms with van der Waals surface area (Å²) in [5.41, 5.74) is 4.39. The van der Waals surface area contributed by atoms with Gasteiger partial charge in [0.05, 0.1) is 11.3 Å². The third-order valence-electron chi connectivity index (χ3n) is 3.25. The van der Waals surface area contributed by atoms with Crippen molar-refractivity contribution >= 4 is 32.3 Å². The molecular formula is C13H14N4O2S2. The van der Waals surface area contributed by atoms with Crippen molar-refractivity contribution in [2.75, 3.05) is 5.75 Å². The average molecular weight is 322 g/mol. The molecule has 6 nitrogen and oxygen atoms in total. The fraction of sp³-hybridized carbons (Fsp3) is 0.308. The van der Waals surface area contributed by atoms with Crippen molar-refractivity contribution < 1.29 is 8.42 Å². The van der Waals surface area contributed by atoms with Gasteiger partial charge < -0.3 is 4.57 Å². The van der Waals surface area contributed by atoms with E-state index in [0.29, 0.717) is 17.2 Å². The van der Waals surface area contributed by atoms with Crippen LogP contribution in [-0.2, 0) is 16.9 Å². The fourth-order valence-electron chi connectivity index (χ4n) is 2.12. The highest BCUT2D eigenvalue weighted by Gasteiger charge is 2.24. The Morgan fingerprint density at radius 2 is 2.10 bits per heavy atom. The van der Waals surface area contributed by atoms with Crippen LogP contribution in [0.2, 0.25) is 0 Å². The van der Waals surface area contributed by atoms with Crippen molar-refractivity contribution in [1.82, 2.24) is 19.5 Å². The number of nitrogens with zero attached hydrogens (tertiary/aromatic N) is 4. The van der Waals surface area contributed by atoms with E-state index in [1.54, 1.807) is 17.7 Å². The molecule has 3 aromatic rings. The van der Waals surface area contributed by atoms with Gasteiger partial charge in [-0.05, 0) is 18.6 Å². The number of aromatic nitrogens is 4. The molecule has 0 amide bonds. The summed E-state index contributed by atoms with van der Waals surface area (Å²) in [4.78, 5) is 13.1. The van der Waals surface area contributed by atoms with Crippen molar-refractivity contribution in [2.24, 2.45) is 7.05 Å². The molecule has 0 radical (unpaired) electrons. The third kappa shape index (κ3) is 2.24. The molecule has 21 heavy (non-hydrogen) atoms. The molecule has 0 aliphatic heterocycles. The number of pyridine rings is 1. The minimum absolute atomic E-state index is 0.0451. The Hall–Kier alpha value is -1.80. The molecule has 3 rings (SSSR count). The van der Waals surface area contributed by atoms with Crippen LogP contribution >= 0.6 is 11.3 Å². The smallest absolute Gasteiger partial charge is 0.189 e. The van der Waals surface area contributed by atoms with E-state index >= 15 is 0 Å². The molecule has 0 aliphatic rings. The SMILES string of the molecule is CCS(=O)(=O)c1scnc1-c1nc2cc(C)cnc2n1C. The monoisotopic (exact) mass is 322 g/mol. The Morgan fingerprint density at radius 3 is 2.81 bits per heavy atom. The normalized spacial score (nSPS) is 12.1. The van der Waals surface area contributed by atoms with Crippen molar-refractivity contribution in [1.29, 1.82) is 0 Å². The summed E-state index contributed by atoms with van der Waals surface area (Å²) in [6.45, 7) is 3.56. The molecule has 0 atom stereocenters. The summed E-state index contributed by atoms with van der Waals surface area (Å²) in [5.74, 6) is 0.570. The summed E-state index contributed by atoms with van der Waals surface area (Å²) in [7, 11) is -1.50. The van der Waals surface area contributed by atoms with E-state index in [-0.39, 0.29) is 9.96 Å². The van der Waals surface area contributed by atoms with Gasteiger partial charge in [-0.1, -0.05) is 6.92 Å². The second-order valence-electron chi connectivity index (χ2n) is 4.74. The molecule has 8 heteroatoms. The van der Waals surface area contributed by atoms with Crippen LogP contribution in [0.25, 0.3) is 22.7 Å². The molecule has 0 N–H and O–H groups in total. The summed E-state index contributed by atoms with van der Waals surface area (Å²) in [6.07, 6.45) is 1.76. The molecule has 0 saturated carbocycles. The van der Waals surface area contributed by atoms with Gasteiger partial charge in [-0.25, -0.2) is 23.4 Å². The van der Waals surface area contributed by atoms with Crippen LogP contribution in [-0.4, -0.2) is 33.7 Å². The highest BCUT2D eigenvalue weighted by Crippen LogP contribution is 2.31. The standard InChI is InChI=1S/C13H14N4O2S2/c1-4-21(18,19)13-10(15-7-20-13)12-16-9-5-8(2)6-14-11(9)17(12)3/h5-7H,4H2,1-3H3. The highest BCUT2D eigenvalue weighted by molar-refractivity contribution is 7.93. The lowest BCUT2D eigenvalue weighted by Gasteiger charge is -2.02. The number of hydrogen-bond acceptors (Lipinski definition) is 6. The largest absolute Gasteiger partial charge is 0.310 e. The van der Waals surface area contributed by atoms with Gasteiger partial charge in [-0.3, -0.25) is 0 Å². The van der Waals surface area contributed by atoms with Crippen molar-refractivity contribution in [3.05, 3.63) is 23.3 Å². The molecule has 3 aromatic heterocycles. The van der Waals surface area contributed by atoms with Gasteiger partial charge >= 0.3 is 0 Å². The maximum Gasteiger partial charge on any atom is 0.189 e. The predicted molar refractivity (Wildman–Crippen MR) is 82.1 cm³/mol. The molecule has 0 aliphatic carbocycles. The summed E-state index contributed by atoms with van der Waals surface area (Å²) < 4.78 is 26.3. The quantitative estimate of drug-likeness (QED) is 0.738. The molecule has 0 aromatic carbocycles. The topological polar surface area (TPSA) is 77.7 Å². The summed E-state index contributed by atoms with van der Waals surface area (Å²) in [6, 6.07) is 1.92. The minimum Gasteiger partial charge on any atom is -0.310 e. The van der Waals surface area contributed by atoms with Gasteiger partial charge in [-0.15, -0.1) is 11.3 Å². The number of aryl methyl sites for hydroxylation is 2. The Kier molecular flexibility index (Phi) is 3.29. The van der Waals surface area contributed by atoms with E-state index < -0.39 is 9.84 Å². The fourth-order valence-corrected chi connectivity index (χ4v) is 4.40. The van der Waals surface area contributed by atoms with E-state index in [9.17, 15) is 8.42 Å². The number of rotatable bonds is 3. The number of imidazole rings is 1. The van der Waals surface area contributed by atoms with Crippen LogP contribution < -0.4 is 0 Å².